The lowest BCUT2D eigenvalue weighted by Gasteiger charge is -2.30. The third kappa shape index (κ3) is 3.98. The highest BCUT2D eigenvalue weighted by Gasteiger charge is 2.33. The first-order chi connectivity index (χ1) is 10.7. The fourth-order valence-corrected chi connectivity index (χ4v) is 2.47. The molecule has 2 rings (SSSR count). The van der Waals surface area contributed by atoms with Crippen molar-refractivity contribution in [1.82, 2.24) is 4.90 Å². The van der Waals surface area contributed by atoms with E-state index in [0.717, 1.165) is 0 Å². The van der Waals surface area contributed by atoms with Crippen LogP contribution in [-0.2, 0) is 14.3 Å². The third-order valence-electron chi connectivity index (χ3n) is 3.72. The highest BCUT2D eigenvalue weighted by atomic mass is 16.5. The number of nitrogens with zero attached hydrogens (tertiary/aromatic N) is 1. The van der Waals surface area contributed by atoms with Crippen LogP contribution in [0.1, 0.15) is 6.42 Å². The monoisotopic (exact) mass is 307 g/mol. The number of hydrogen-bond donors (Lipinski definition) is 0. The van der Waals surface area contributed by atoms with Gasteiger partial charge in [-0.05, 0) is 12.1 Å². The summed E-state index contributed by atoms with van der Waals surface area (Å²) in [6.07, 6.45) is 0.369. The summed E-state index contributed by atoms with van der Waals surface area (Å²) >= 11 is 0. The third-order valence-corrected chi connectivity index (χ3v) is 3.72. The van der Waals surface area contributed by atoms with Crippen LogP contribution in [-0.4, -0.2) is 57.1 Å². The molecule has 22 heavy (non-hydrogen) atoms. The number of carbonyl (C=O) groups excluding carboxylic acids is 2. The van der Waals surface area contributed by atoms with E-state index in [9.17, 15) is 9.59 Å². The van der Waals surface area contributed by atoms with Gasteiger partial charge in [0, 0.05) is 26.1 Å². The van der Waals surface area contributed by atoms with Crippen LogP contribution in [0.4, 0.5) is 0 Å². The molecule has 1 aliphatic heterocycles. The molecule has 120 valence electrons. The number of ether oxygens (including phenoxy) is 3. The molecule has 0 aliphatic carbocycles. The number of ketones is 1. The van der Waals surface area contributed by atoms with Crippen molar-refractivity contribution in [3.05, 3.63) is 24.3 Å². The van der Waals surface area contributed by atoms with Gasteiger partial charge in [-0.15, -0.1) is 0 Å². The highest BCUT2D eigenvalue weighted by Crippen LogP contribution is 2.25. The number of Topliss-reactive ketones (excluding diaryl/α,β-unsaturated/α-hetero) is 1. The van der Waals surface area contributed by atoms with E-state index in [1.54, 1.807) is 7.11 Å². The summed E-state index contributed by atoms with van der Waals surface area (Å²) in [6, 6.07) is 7.44. The molecule has 0 aromatic heterocycles. The van der Waals surface area contributed by atoms with Gasteiger partial charge in [0.1, 0.15) is 18.3 Å². The Kier molecular flexibility index (Phi) is 5.77. The van der Waals surface area contributed by atoms with E-state index in [1.807, 2.05) is 29.2 Å². The van der Waals surface area contributed by atoms with Gasteiger partial charge in [0.15, 0.2) is 11.5 Å². The molecule has 1 aromatic rings. The molecular formula is C16H21NO5. The number of hydrogen-bond acceptors (Lipinski definition) is 6. The van der Waals surface area contributed by atoms with Gasteiger partial charge in [0.25, 0.3) is 0 Å². The van der Waals surface area contributed by atoms with Gasteiger partial charge >= 0.3 is 5.97 Å². The fourth-order valence-electron chi connectivity index (χ4n) is 2.47. The zero-order valence-electron chi connectivity index (χ0n) is 12.9. The summed E-state index contributed by atoms with van der Waals surface area (Å²) in [5, 5.41) is 0. The molecule has 0 amide bonds. The Morgan fingerprint density at radius 3 is 2.68 bits per heavy atom. The number of carbonyl (C=O) groups is 2. The van der Waals surface area contributed by atoms with Crippen LogP contribution < -0.4 is 9.47 Å². The summed E-state index contributed by atoms with van der Waals surface area (Å²) in [6.45, 7) is 2.13. The molecule has 6 heteroatoms. The average Bonchev–Trinajstić information content (AvgIpc) is 2.56. The van der Waals surface area contributed by atoms with Crippen molar-refractivity contribution in [2.75, 3.05) is 40.5 Å². The lowest BCUT2D eigenvalue weighted by atomic mass is 9.97. The van der Waals surface area contributed by atoms with E-state index < -0.39 is 11.9 Å². The minimum absolute atomic E-state index is 0.0475. The average molecular weight is 307 g/mol. The quantitative estimate of drug-likeness (QED) is 0.580. The van der Waals surface area contributed by atoms with E-state index in [1.165, 1.54) is 7.11 Å². The normalized spacial score (nSPS) is 18.8. The molecule has 1 atom stereocenters. The van der Waals surface area contributed by atoms with E-state index in [0.29, 0.717) is 44.2 Å². The number of methoxy groups -OCH3 is 2. The smallest absolute Gasteiger partial charge is 0.317 e. The lowest BCUT2D eigenvalue weighted by Crippen LogP contribution is -2.45. The number of benzene rings is 1. The maximum absolute atomic E-state index is 11.7. The SMILES string of the molecule is COC(=O)C1CN(CCOc2ccccc2OC)CCC1=O. The van der Waals surface area contributed by atoms with E-state index in [-0.39, 0.29) is 5.78 Å². The van der Waals surface area contributed by atoms with Crippen LogP contribution in [0, 0.1) is 5.92 Å². The molecule has 1 aromatic carbocycles. The van der Waals surface area contributed by atoms with Crippen molar-refractivity contribution in [1.29, 1.82) is 0 Å². The maximum atomic E-state index is 11.7. The van der Waals surface area contributed by atoms with Gasteiger partial charge in [0.2, 0.25) is 0 Å². The molecule has 1 fully saturated rings. The number of para-hydroxylation sites is 2. The fraction of sp³-hybridized carbons (Fsp3) is 0.500. The summed E-state index contributed by atoms with van der Waals surface area (Å²) in [4.78, 5) is 25.4. The molecule has 0 N–H and O–H groups in total. The molecular weight excluding hydrogens is 286 g/mol. The van der Waals surface area contributed by atoms with Crippen molar-refractivity contribution < 1.29 is 23.8 Å². The molecule has 0 saturated carbocycles. The topological polar surface area (TPSA) is 65.1 Å². The molecule has 1 unspecified atom stereocenters. The minimum Gasteiger partial charge on any atom is -0.493 e. The molecule has 0 radical (unpaired) electrons. The van der Waals surface area contributed by atoms with Crippen molar-refractivity contribution in [3.63, 3.8) is 0 Å². The number of likely N-dealkylation sites (tertiary alicyclic amines) is 1. The lowest BCUT2D eigenvalue weighted by molar-refractivity contribution is -0.151. The van der Waals surface area contributed by atoms with E-state index in [4.69, 9.17) is 9.47 Å². The van der Waals surface area contributed by atoms with Gasteiger partial charge < -0.3 is 14.2 Å². The number of rotatable bonds is 6. The van der Waals surface area contributed by atoms with Gasteiger partial charge in [-0.25, -0.2) is 0 Å². The highest BCUT2D eigenvalue weighted by molar-refractivity contribution is 5.99. The number of piperidine rings is 1. The van der Waals surface area contributed by atoms with Crippen molar-refractivity contribution in [2.24, 2.45) is 5.92 Å². The molecule has 6 nitrogen and oxygen atoms in total. The Hall–Kier alpha value is -2.08. The maximum Gasteiger partial charge on any atom is 0.317 e. The summed E-state index contributed by atoms with van der Waals surface area (Å²) in [5.41, 5.74) is 0. The molecule has 1 heterocycles. The van der Waals surface area contributed by atoms with E-state index >= 15 is 0 Å². The van der Waals surface area contributed by atoms with Crippen LogP contribution in [0.25, 0.3) is 0 Å². The first-order valence-electron chi connectivity index (χ1n) is 7.24. The largest absolute Gasteiger partial charge is 0.493 e. The zero-order valence-corrected chi connectivity index (χ0v) is 12.9. The van der Waals surface area contributed by atoms with Crippen LogP contribution in [0.2, 0.25) is 0 Å². The van der Waals surface area contributed by atoms with Gasteiger partial charge in [-0.2, -0.15) is 0 Å². The minimum atomic E-state index is -0.676. The summed E-state index contributed by atoms with van der Waals surface area (Å²) < 4.78 is 15.6. The van der Waals surface area contributed by atoms with Crippen molar-refractivity contribution >= 4 is 11.8 Å². The summed E-state index contributed by atoms with van der Waals surface area (Å²) in [7, 11) is 2.90. The predicted molar refractivity (Wildman–Crippen MR) is 80.1 cm³/mol. The van der Waals surface area contributed by atoms with Crippen molar-refractivity contribution in [3.8, 4) is 11.5 Å². The Bertz CT molecular complexity index is 523. The Morgan fingerprint density at radius 1 is 1.27 bits per heavy atom. The Balaban J connectivity index is 1.84. The number of esters is 1. The first kappa shape index (κ1) is 16.3. The van der Waals surface area contributed by atoms with E-state index in [2.05, 4.69) is 4.74 Å². The predicted octanol–water partition coefficient (Wildman–Crippen LogP) is 1.14. The van der Waals surface area contributed by atoms with Crippen LogP contribution in [0.5, 0.6) is 11.5 Å². The molecule has 1 saturated heterocycles. The van der Waals surface area contributed by atoms with Gasteiger partial charge in [-0.1, -0.05) is 12.1 Å². The Labute approximate surface area is 129 Å². The second-order valence-electron chi connectivity index (χ2n) is 5.09. The van der Waals surface area contributed by atoms with Gasteiger partial charge in [0.05, 0.1) is 14.2 Å². The van der Waals surface area contributed by atoms with Crippen LogP contribution >= 0.6 is 0 Å². The van der Waals surface area contributed by atoms with Crippen LogP contribution in [0.15, 0.2) is 24.3 Å². The summed E-state index contributed by atoms with van der Waals surface area (Å²) in [5.74, 6) is 0.186. The molecule has 0 bridgehead atoms. The zero-order chi connectivity index (χ0) is 15.9. The Morgan fingerprint density at radius 2 is 2.00 bits per heavy atom. The second-order valence-corrected chi connectivity index (χ2v) is 5.09. The first-order valence-corrected chi connectivity index (χ1v) is 7.24. The molecule has 0 spiro atoms. The molecule has 1 aliphatic rings. The van der Waals surface area contributed by atoms with Crippen LogP contribution in [0.3, 0.4) is 0 Å². The van der Waals surface area contributed by atoms with Gasteiger partial charge in [-0.3, -0.25) is 14.5 Å². The standard InChI is InChI=1S/C16H21NO5/c1-20-14-5-3-4-6-15(14)22-10-9-17-8-7-13(18)12(11-17)16(19)21-2/h3-6,12H,7-11H2,1-2H3. The van der Waals surface area contributed by atoms with Crippen molar-refractivity contribution in [2.45, 2.75) is 6.42 Å². The second kappa shape index (κ2) is 7.79.